The van der Waals surface area contributed by atoms with Crippen LogP contribution in [0, 0.1) is 5.82 Å². The largest absolute Gasteiger partial charge is 0.459 e. The van der Waals surface area contributed by atoms with Crippen molar-refractivity contribution in [2.45, 2.75) is 38.1 Å². The molecule has 1 N–H and O–H groups in total. The van der Waals surface area contributed by atoms with Crippen LogP contribution in [0.5, 0.6) is 0 Å². The van der Waals surface area contributed by atoms with Crippen LogP contribution in [0.15, 0.2) is 41.0 Å². The third-order valence-corrected chi connectivity index (χ3v) is 4.62. The second kappa shape index (κ2) is 6.77. The highest BCUT2D eigenvalue weighted by molar-refractivity contribution is 5.93. The molecule has 0 spiro atoms. The zero-order valence-corrected chi connectivity index (χ0v) is 14.0. The van der Waals surface area contributed by atoms with Gasteiger partial charge < -0.3 is 14.5 Å². The lowest BCUT2D eigenvalue weighted by Gasteiger charge is -2.38. The molecule has 2 heterocycles. The quantitative estimate of drug-likeness (QED) is 0.922. The van der Waals surface area contributed by atoms with Crippen molar-refractivity contribution in [1.29, 1.82) is 0 Å². The summed E-state index contributed by atoms with van der Waals surface area (Å²) in [6, 6.07) is 8.13. The minimum absolute atomic E-state index is 0.195. The molecule has 0 bridgehead atoms. The molecule has 128 valence electrons. The summed E-state index contributed by atoms with van der Waals surface area (Å²) in [6.45, 7) is 5.14. The van der Waals surface area contributed by atoms with Gasteiger partial charge in [-0.1, -0.05) is 26.0 Å². The molecule has 0 saturated carbocycles. The summed E-state index contributed by atoms with van der Waals surface area (Å²) in [5.74, 6) is 0.00859. The zero-order chi connectivity index (χ0) is 17.2. The van der Waals surface area contributed by atoms with Crippen LogP contribution in [0.3, 0.4) is 0 Å². The van der Waals surface area contributed by atoms with E-state index in [1.165, 1.54) is 12.1 Å². The third-order valence-electron chi connectivity index (χ3n) is 4.62. The number of furan rings is 1. The van der Waals surface area contributed by atoms with Crippen LogP contribution in [-0.2, 0) is 10.3 Å². The molecular weight excluding hydrogens is 309 g/mol. The molecule has 1 aliphatic heterocycles. The second-order valence-corrected chi connectivity index (χ2v) is 6.52. The lowest BCUT2D eigenvalue weighted by atomic mass is 9.82. The van der Waals surface area contributed by atoms with Crippen molar-refractivity contribution in [3.8, 4) is 0 Å². The van der Waals surface area contributed by atoms with Gasteiger partial charge in [0.2, 0.25) is 0 Å². The minimum Gasteiger partial charge on any atom is -0.459 e. The molecule has 1 aliphatic rings. The topological polar surface area (TPSA) is 51.5 Å². The molecule has 3 rings (SSSR count). The molecular formula is C19H22FNO3. The van der Waals surface area contributed by atoms with E-state index < -0.39 is 5.54 Å². The number of carbonyl (C=O) groups excluding carboxylic acids is 1. The minimum atomic E-state index is -0.565. The molecule has 1 saturated heterocycles. The van der Waals surface area contributed by atoms with Crippen molar-refractivity contribution in [2.75, 3.05) is 13.2 Å². The maximum absolute atomic E-state index is 13.3. The Morgan fingerprint density at radius 3 is 2.46 bits per heavy atom. The number of carbonyl (C=O) groups is 1. The monoisotopic (exact) mass is 331 g/mol. The first-order valence-electron chi connectivity index (χ1n) is 8.25. The fourth-order valence-corrected chi connectivity index (χ4v) is 3.21. The van der Waals surface area contributed by atoms with Crippen LogP contribution >= 0.6 is 0 Å². The highest BCUT2D eigenvalue weighted by Crippen LogP contribution is 2.33. The van der Waals surface area contributed by atoms with Gasteiger partial charge in [-0.2, -0.15) is 0 Å². The molecule has 1 aromatic heterocycles. The number of nitrogens with one attached hydrogen (secondary N) is 1. The van der Waals surface area contributed by atoms with Crippen molar-refractivity contribution >= 4 is 5.91 Å². The number of ether oxygens (including phenoxy) is 1. The van der Waals surface area contributed by atoms with Gasteiger partial charge in [0.05, 0.1) is 11.8 Å². The Morgan fingerprint density at radius 2 is 1.83 bits per heavy atom. The van der Waals surface area contributed by atoms with Crippen LogP contribution in [-0.4, -0.2) is 19.1 Å². The van der Waals surface area contributed by atoms with E-state index in [2.05, 4.69) is 5.32 Å². The Labute approximate surface area is 141 Å². The van der Waals surface area contributed by atoms with Gasteiger partial charge in [-0.25, -0.2) is 4.39 Å². The van der Waals surface area contributed by atoms with Crippen LogP contribution < -0.4 is 5.32 Å². The van der Waals surface area contributed by atoms with Crippen molar-refractivity contribution in [3.05, 3.63) is 59.3 Å². The predicted molar refractivity (Wildman–Crippen MR) is 88.4 cm³/mol. The van der Waals surface area contributed by atoms with Gasteiger partial charge in [0.25, 0.3) is 5.91 Å². The standard InChI is InChI=1S/C19H22FNO3/c1-13(2)16-7-10-24-17(16)18(22)21-19(8-11-23-12-9-19)14-3-5-15(20)6-4-14/h3-7,10,13H,8-9,11-12H2,1-2H3,(H,21,22). The number of amides is 1. The summed E-state index contributed by atoms with van der Waals surface area (Å²) < 4.78 is 24.2. The molecule has 1 fully saturated rings. The summed E-state index contributed by atoms with van der Waals surface area (Å²) >= 11 is 0. The zero-order valence-electron chi connectivity index (χ0n) is 14.0. The first kappa shape index (κ1) is 16.7. The van der Waals surface area contributed by atoms with Gasteiger partial charge in [0.1, 0.15) is 5.82 Å². The predicted octanol–water partition coefficient (Wildman–Crippen LogP) is 3.98. The fourth-order valence-electron chi connectivity index (χ4n) is 3.21. The first-order valence-corrected chi connectivity index (χ1v) is 8.25. The fraction of sp³-hybridized carbons (Fsp3) is 0.421. The van der Waals surface area contributed by atoms with E-state index in [0.717, 1.165) is 11.1 Å². The Bertz CT molecular complexity index is 700. The Kier molecular flexibility index (Phi) is 4.71. The lowest BCUT2D eigenvalue weighted by molar-refractivity contribution is 0.0337. The molecule has 4 nitrogen and oxygen atoms in total. The summed E-state index contributed by atoms with van der Waals surface area (Å²) in [7, 11) is 0. The summed E-state index contributed by atoms with van der Waals surface area (Å²) in [4.78, 5) is 12.8. The number of hydrogen-bond acceptors (Lipinski definition) is 3. The average Bonchev–Trinajstić information content (AvgIpc) is 3.06. The van der Waals surface area contributed by atoms with E-state index in [1.807, 2.05) is 19.9 Å². The summed E-state index contributed by atoms with van der Waals surface area (Å²) in [5, 5.41) is 3.13. The highest BCUT2D eigenvalue weighted by atomic mass is 19.1. The molecule has 0 atom stereocenters. The highest BCUT2D eigenvalue weighted by Gasteiger charge is 2.37. The Hall–Kier alpha value is -2.14. The summed E-state index contributed by atoms with van der Waals surface area (Å²) in [6.07, 6.45) is 2.82. The molecule has 24 heavy (non-hydrogen) atoms. The number of benzene rings is 1. The second-order valence-electron chi connectivity index (χ2n) is 6.52. The Morgan fingerprint density at radius 1 is 1.17 bits per heavy atom. The number of hydrogen-bond donors (Lipinski definition) is 1. The van der Waals surface area contributed by atoms with Gasteiger partial charge in [0.15, 0.2) is 5.76 Å². The lowest BCUT2D eigenvalue weighted by Crippen LogP contribution is -2.49. The molecule has 1 amide bonds. The normalized spacial score (nSPS) is 17.0. The van der Waals surface area contributed by atoms with E-state index in [9.17, 15) is 9.18 Å². The van der Waals surface area contributed by atoms with E-state index in [1.54, 1.807) is 18.4 Å². The maximum Gasteiger partial charge on any atom is 0.287 e. The van der Waals surface area contributed by atoms with Crippen molar-refractivity contribution in [2.24, 2.45) is 0 Å². The van der Waals surface area contributed by atoms with Crippen LogP contribution in [0.2, 0.25) is 0 Å². The van der Waals surface area contributed by atoms with Gasteiger partial charge in [-0.15, -0.1) is 0 Å². The molecule has 0 unspecified atom stereocenters. The van der Waals surface area contributed by atoms with E-state index in [0.29, 0.717) is 31.8 Å². The maximum atomic E-state index is 13.3. The van der Waals surface area contributed by atoms with Crippen molar-refractivity contribution in [3.63, 3.8) is 0 Å². The SMILES string of the molecule is CC(C)c1ccoc1C(=O)NC1(c2ccc(F)cc2)CCOCC1. The average molecular weight is 331 g/mol. The van der Waals surface area contributed by atoms with Gasteiger partial charge in [0, 0.05) is 18.8 Å². The van der Waals surface area contributed by atoms with Crippen LogP contribution in [0.4, 0.5) is 4.39 Å². The number of halogens is 1. The third kappa shape index (κ3) is 3.22. The number of rotatable bonds is 4. The molecule has 5 heteroatoms. The summed E-state index contributed by atoms with van der Waals surface area (Å²) in [5.41, 5.74) is 1.20. The van der Waals surface area contributed by atoms with E-state index in [-0.39, 0.29) is 17.6 Å². The van der Waals surface area contributed by atoms with Crippen molar-refractivity contribution in [1.82, 2.24) is 5.32 Å². The van der Waals surface area contributed by atoms with E-state index >= 15 is 0 Å². The smallest absolute Gasteiger partial charge is 0.287 e. The van der Waals surface area contributed by atoms with Gasteiger partial charge in [-0.3, -0.25) is 4.79 Å². The Balaban J connectivity index is 1.91. The van der Waals surface area contributed by atoms with Gasteiger partial charge in [-0.05, 0) is 42.5 Å². The molecule has 1 aromatic carbocycles. The molecule has 0 aliphatic carbocycles. The van der Waals surface area contributed by atoms with Crippen molar-refractivity contribution < 1.29 is 18.3 Å². The molecule has 2 aromatic rings. The van der Waals surface area contributed by atoms with Crippen LogP contribution in [0.1, 0.15) is 54.3 Å². The molecule has 0 radical (unpaired) electrons. The van der Waals surface area contributed by atoms with E-state index in [4.69, 9.17) is 9.15 Å². The van der Waals surface area contributed by atoms with Crippen LogP contribution in [0.25, 0.3) is 0 Å². The van der Waals surface area contributed by atoms with Gasteiger partial charge >= 0.3 is 0 Å². The first-order chi connectivity index (χ1) is 11.5.